The van der Waals surface area contributed by atoms with Gasteiger partial charge in [0.2, 0.25) is 5.75 Å². The molecule has 1 aromatic heterocycles. The third kappa shape index (κ3) is 3.67. The van der Waals surface area contributed by atoms with Crippen molar-refractivity contribution in [2.24, 2.45) is 0 Å². The summed E-state index contributed by atoms with van der Waals surface area (Å²) in [4.78, 5) is 23.9. The Morgan fingerprint density at radius 2 is 1.79 bits per heavy atom. The fourth-order valence-electron chi connectivity index (χ4n) is 2.40. The average Bonchev–Trinajstić information content (AvgIpc) is 2.61. The highest BCUT2D eigenvalue weighted by Gasteiger charge is 2.33. The Bertz CT molecular complexity index is 1140. The van der Waals surface area contributed by atoms with Crippen molar-refractivity contribution in [3.8, 4) is 11.5 Å². The second kappa shape index (κ2) is 6.97. The first-order valence-corrected chi connectivity index (χ1v) is 7.87. The number of carbonyl (C=O) groups excluding carboxylic acids is 1. The Hall–Kier alpha value is -3.40. The lowest BCUT2D eigenvalue weighted by Gasteiger charge is -2.13. The van der Waals surface area contributed by atoms with Gasteiger partial charge in [0.05, 0.1) is 27.9 Å². The van der Waals surface area contributed by atoms with Gasteiger partial charge in [0, 0.05) is 11.8 Å². The van der Waals surface area contributed by atoms with E-state index in [0.717, 1.165) is 30.5 Å². The SMILES string of the molecule is O=C(Nc1ccc(Cl)c(C(F)(F)F)c1)Nc1cc2c(=O)ccoc2c(O)c1O. The number of hydrogen-bond donors (Lipinski definition) is 4. The number of hydrogen-bond acceptors (Lipinski definition) is 5. The third-order valence-electron chi connectivity index (χ3n) is 3.68. The van der Waals surface area contributed by atoms with Crippen LogP contribution in [-0.4, -0.2) is 16.2 Å². The van der Waals surface area contributed by atoms with Crippen LogP contribution < -0.4 is 16.1 Å². The van der Waals surface area contributed by atoms with E-state index in [9.17, 15) is 33.0 Å². The number of carbonyl (C=O) groups is 1. The minimum absolute atomic E-state index is 0.126. The molecule has 0 saturated carbocycles. The van der Waals surface area contributed by atoms with Gasteiger partial charge in [-0.05, 0) is 24.3 Å². The van der Waals surface area contributed by atoms with E-state index in [1.807, 2.05) is 0 Å². The molecule has 0 aliphatic heterocycles. The van der Waals surface area contributed by atoms with Gasteiger partial charge in [-0.15, -0.1) is 0 Å². The number of fused-ring (bicyclic) bond motifs is 1. The molecule has 0 atom stereocenters. The molecule has 0 bridgehead atoms. The summed E-state index contributed by atoms with van der Waals surface area (Å²) in [7, 11) is 0. The van der Waals surface area contributed by atoms with E-state index >= 15 is 0 Å². The minimum atomic E-state index is -4.72. The molecule has 0 aliphatic rings. The number of anilines is 2. The second-order valence-corrected chi connectivity index (χ2v) is 5.96. The number of nitrogens with one attached hydrogen (secondary N) is 2. The normalized spacial score (nSPS) is 11.4. The van der Waals surface area contributed by atoms with Crippen molar-refractivity contribution >= 4 is 40.0 Å². The fourth-order valence-corrected chi connectivity index (χ4v) is 2.62. The predicted molar refractivity (Wildman–Crippen MR) is 94.9 cm³/mol. The summed E-state index contributed by atoms with van der Waals surface area (Å²) in [5.41, 5.74) is -2.56. The van der Waals surface area contributed by atoms with Crippen molar-refractivity contribution in [2.45, 2.75) is 6.18 Å². The molecule has 3 rings (SSSR count). The summed E-state index contributed by atoms with van der Waals surface area (Å²) >= 11 is 5.51. The van der Waals surface area contributed by atoms with Gasteiger partial charge in [0.15, 0.2) is 16.8 Å². The fraction of sp³-hybridized carbons (Fsp3) is 0.0588. The van der Waals surface area contributed by atoms with Crippen molar-refractivity contribution in [2.75, 3.05) is 10.6 Å². The largest absolute Gasteiger partial charge is 0.503 e. The molecule has 28 heavy (non-hydrogen) atoms. The highest BCUT2D eigenvalue weighted by Crippen LogP contribution is 2.39. The summed E-state index contributed by atoms with van der Waals surface area (Å²) < 4.78 is 43.6. The van der Waals surface area contributed by atoms with Crippen LogP contribution in [0.1, 0.15) is 5.56 Å². The number of alkyl halides is 3. The van der Waals surface area contributed by atoms with Crippen LogP contribution in [-0.2, 0) is 6.18 Å². The van der Waals surface area contributed by atoms with Crippen molar-refractivity contribution < 1.29 is 32.6 Å². The molecular formula is C17H10ClF3N2O5. The second-order valence-electron chi connectivity index (χ2n) is 5.55. The van der Waals surface area contributed by atoms with Crippen LogP contribution in [0.2, 0.25) is 5.02 Å². The molecular weight excluding hydrogens is 405 g/mol. The highest BCUT2D eigenvalue weighted by molar-refractivity contribution is 6.31. The maximum atomic E-state index is 12.9. The molecule has 3 aromatic rings. The lowest BCUT2D eigenvalue weighted by molar-refractivity contribution is -0.137. The smallest absolute Gasteiger partial charge is 0.417 e. The van der Waals surface area contributed by atoms with Crippen LogP contribution in [0.3, 0.4) is 0 Å². The number of aromatic hydroxyl groups is 2. The topological polar surface area (TPSA) is 112 Å². The van der Waals surface area contributed by atoms with E-state index in [1.165, 1.54) is 0 Å². The molecule has 146 valence electrons. The standard InChI is InChI=1S/C17H10ClF3N2O5/c18-10-2-1-7(5-9(10)17(19,20)21)22-16(27)23-11-6-8-12(24)3-4-28-15(8)14(26)13(11)25/h1-6,25-26H,(H2,22,23,27). The highest BCUT2D eigenvalue weighted by atomic mass is 35.5. The maximum Gasteiger partial charge on any atom is 0.417 e. The molecule has 7 nitrogen and oxygen atoms in total. The van der Waals surface area contributed by atoms with Crippen LogP contribution in [0, 0.1) is 0 Å². The number of urea groups is 1. The van der Waals surface area contributed by atoms with Crippen molar-refractivity contribution in [1.82, 2.24) is 0 Å². The molecule has 0 aliphatic carbocycles. The zero-order chi connectivity index (χ0) is 20.6. The third-order valence-corrected chi connectivity index (χ3v) is 4.01. The molecule has 0 spiro atoms. The predicted octanol–water partition coefficient (Wildman–Crippen LogP) is 4.52. The molecule has 0 saturated heterocycles. The Labute approximate surface area is 159 Å². The van der Waals surface area contributed by atoms with Crippen molar-refractivity contribution in [3.63, 3.8) is 0 Å². The van der Waals surface area contributed by atoms with Gasteiger partial charge in [-0.2, -0.15) is 13.2 Å². The summed E-state index contributed by atoms with van der Waals surface area (Å²) in [6, 6.07) is 3.82. The number of benzene rings is 2. The van der Waals surface area contributed by atoms with Gasteiger partial charge in [0.25, 0.3) is 0 Å². The van der Waals surface area contributed by atoms with Crippen LogP contribution in [0.4, 0.5) is 29.3 Å². The Morgan fingerprint density at radius 3 is 2.46 bits per heavy atom. The quantitative estimate of drug-likeness (QED) is 0.461. The van der Waals surface area contributed by atoms with Crippen molar-refractivity contribution in [3.05, 3.63) is 57.4 Å². The Morgan fingerprint density at radius 1 is 1.07 bits per heavy atom. The number of halogens is 4. The Kier molecular flexibility index (Phi) is 4.82. The first-order chi connectivity index (χ1) is 13.1. The number of amides is 2. The van der Waals surface area contributed by atoms with Gasteiger partial charge in [-0.3, -0.25) is 4.79 Å². The van der Waals surface area contributed by atoms with Crippen LogP contribution in [0.25, 0.3) is 11.0 Å². The summed E-state index contributed by atoms with van der Waals surface area (Å²) in [6.45, 7) is 0. The first kappa shape index (κ1) is 19.4. The monoisotopic (exact) mass is 414 g/mol. The summed E-state index contributed by atoms with van der Waals surface area (Å²) in [6.07, 6.45) is -3.70. The van der Waals surface area contributed by atoms with Crippen molar-refractivity contribution in [1.29, 1.82) is 0 Å². The van der Waals surface area contributed by atoms with E-state index in [-0.39, 0.29) is 22.3 Å². The van der Waals surface area contributed by atoms with Gasteiger partial charge in [0.1, 0.15) is 0 Å². The molecule has 4 N–H and O–H groups in total. The van der Waals surface area contributed by atoms with Crippen LogP contribution >= 0.6 is 11.6 Å². The van der Waals surface area contributed by atoms with Gasteiger partial charge < -0.3 is 25.3 Å². The molecule has 2 amide bonds. The summed E-state index contributed by atoms with van der Waals surface area (Å²) in [5.74, 6) is -1.57. The minimum Gasteiger partial charge on any atom is -0.503 e. The lowest BCUT2D eigenvalue weighted by Crippen LogP contribution is -2.20. The zero-order valence-electron chi connectivity index (χ0n) is 13.6. The number of phenols is 2. The van der Waals surface area contributed by atoms with Crippen LogP contribution in [0.15, 0.2) is 45.8 Å². The van der Waals surface area contributed by atoms with Crippen LogP contribution in [0.5, 0.6) is 11.5 Å². The first-order valence-electron chi connectivity index (χ1n) is 7.49. The average molecular weight is 415 g/mol. The van der Waals surface area contributed by atoms with Gasteiger partial charge >= 0.3 is 12.2 Å². The molecule has 1 heterocycles. The van der Waals surface area contributed by atoms with E-state index in [1.54, 1.807) is 0 Å². The summed E-state index contributed by atoms with van der Waals surface area (Å²) in [5, 5.41) is 23.5. The molecule has 0 fully saturated rings. The number of rotatable bonds is 2. The van der Waals surface area contributed by atoms with Gasteiger partial charge in [-0.25, -0.2) is 4.79 Å². The maximum absolute atomic E-state index is 12.9. The lowest BCUT2D eigenvalue weighted by atomic mass is 10.1. The van der Waals surface area contributed by atoms with Gasteiger partial charge in [-0.1, -0.05) is 11.6 Å². The molecule has 11 heteroatoms. The van der Waals surface area contributed by atoms with E-state index in [2.05, 4.69) is 10.6 Å². The van der Waals surface area contributed by atoms with E-state index in [4.69, 9.17) is 16.0 Å². The zero-order valence-corrected chi connectivity index (χ0v) is 14.4. The molecule has 0 radical (unpaired) electrons. The number of phenolic OH excluding ortho intramolecular Hbond substituents is 2. The molecule has 0 unspecified atom stereocenters. The van der Waals surface area contributed by atoms with E-state index in [0.29, 0.717) is 6.07 Å². The Balaban J connectivity index is 1.89. The molecule has 2 aromatic carbocycles. The van der Waals surface area contributed by atoms with E-state index < -0.39 is 39.7 Å².